The normalized spacial score (nSPS) is 24.3. The van der Waals surface area contributed by atoms with Gasteiger partial charge >= 0.3 is 0 Å². The second-order valence-corrected chi connectivity index (χ2v) is 10.7. The van der Waals surface area contributed by atoms with Crippen LogP contribution in [0.5, 0.6) is 0 Å². The van der Waals surface area contributed by atoms with E-state index >= 15 is 0 Å². The van der Waals surface area contributed by atoms with Crippen LogP contribution in [-0.4, -0.2) is 71.9 Å². The average molecular weight is 548 g/mol. The number of nitrogens with zero attached hydrogens (tertiary/aromatic N) is 3. The summed E-state index contributed by atoms with van der Waals surface area (Å²) in [6.45, 7) is 5.37. The molecule has 3 unspecified atom stereocenters. The number of rotatable bonds is 8. The Morgan fingerprint density at radius 3 is 2.85 bits per heavy atom. The summed E-state index contributed by atoms with van der Waals surface area (Å²) in [4.78, 5) is 24.2. The number of carbonyl (C=O) groups is 1. The van der Waals surface area contributed by atoms with Gasteiger partial charge in [0.1, 0.15) is 29.8 Å². The molecule has 3 fully saturated rings. The van der Waals surface area contributed by atoms with Gasteiger partial charge in [-0.15, -0.1) is 0 Å². The number of halogens is 1. The Labute approximate surface area is 233 Å². The van der Waals surface area contributed by atoms with Crippen molar-refractivity contribution in [1.29, 1.82) is 0 Å². The number of ether oxygens (including phenoxy) is 3. The Bertz CT molecular complexity index is 1340. The maximum atomic E-state index is 13.8. The van der Waals surface area contributed by atoms with E-state index in [1.807, 2.05) is 18.2 Å². The fraction of sp³-hybridized carbons (Fsp3) is 0.433. The molecule has 9 nitrogen and oxygen atoms in total. The van der Waals surface area contributed by atoms with Crippen LogP contribution in [0.25, 0.3) is 6.08 Å². The average Bonchev–Trinajstić information content (AvgIpc) is 3.53. The number of nitrogens with one attached hydrogen (secondary N) is 2. The number of carbonyl (C=O) groups excluding carboxylic acids is 1. The number of hydrogen-bond donors (Lipinski definition) is 2. The van der Waals surface area contributed by atoms with Gasteiger partial charge in [0.05, 0.1) is 36.8 Å². The van der Waals surface area contributed by atoms with Gasteiger partial charge in [0.15, 0.2) is 0 Å². The van der Waals surface area contributed by atoms with Crippen molar-refractivity contribution in [3.63, 3.8) is 0 Å². The minimum atomic E-state index is -0.262. The van der Waals surface area contributed by atoms with Crippen LogP contribution in [0.4, 0.5) is 15.9 Å². The van der Waals surface area contributed by atoms with Gasteiger partial charge in [0.2, 0.25) is 5.91 Å². The third-order valence-electron chi connectivity index (χ3n) is 7.63. The molecule has 0 spiro atoms. The molecule has 2 aromatic rings. The topological polar surface area (TPSA) is 97.8 Å². The monoisotopic (exact) mass is 547 g/mol. The zero-order valence-electron chi connectivity index (χ0n) is 22.6. The summed E-state index contributed by atoms with van der Waals surface area (Å²) in [6, 6.07) is 4.84. The molecular formula is C30H34FN5O4. The predicted octanol–water partition coefficient (Wildman–Crippen LogP) is 3.79. The molecule has 0 saturated carbocycles. The molecule has 1 aliphatic carbocycles. The van der Waals surface area contributed by atoms with Crippen LogP contribution < -0.4 is 10.6 Å². The first-order chi connectivity index (χ1) is 19.5. The van der Waals surface area contributed by atoms with Crippen LogP contribution in [0.1, 0.15) is 36.1 Å². The molecule has 4 heterocycles. The van der Waals surface area contributed by atoms with E-state index in [0.29, 0.717) is 66.9 Å². The predicted molar refractivity (Wildman–Crippen MR) is 148 cm³/mol. The van der Waals surface area contributed by atoms with Gasteiger partial charge < -0.3 is 24.8 Å². The highest BCUT2D eigenvalue weighted by Crippen LogP contribution is 2.30. The van der Waals surface area contributed by atoms with Crippen LogP contribution in [0.3, 0.4) is 0 Å². The highest BCUT2D eigenvalue weighted by molar-refractivity contribution is 5.89. The second kappa shape index (κ2) is 11.9. The molecule has 6 rings (SSSR count). The number of allylic oxidation sites excluding steroid dienone is 1. The lowest BCUT2D eigenvalue weighted by molar-refractivity contribution is -0.115. The summed E-state index contributed by atoms with van der Waals surface area (Å²) < 4.78 is 31.5. The van der Waals surface area contributed by atoms with Crippen molar-refractivity contribution in [3.05, 3.63) is 76.8 Å². The Balaban J connectivity index is 1.19. The molecule has 3 atom stereocenters. The molecule has 3 saturated heterocycles. The highest BCUT2D eigenvalue weighted by Gasteiger charge is 2.33. The Morgan fingerprint density at radius 1 is 1.23 bits per heavy atom. The summed E-state index contributed by atoms with van der Waals surface area (Å²) in [7, 11) is 0. The van der Waals surface area contributed by atoms with E-state index in [-0.39, 0.29) is 17.8 Å². The molecular weight excluding hydrogens is 513 g/mol. The number of aromatic nitrogens is 2. The first-order valence-corrected chi connectivity index (χ1v) is 13.9. The van der Waals surface area contributed by atoms with Crippen molar-refractivity contribution in [3.8, 4) is 0 Å². The third-order valence-corrected chi connectivity index (χ3v) is 7.63. The lowest BCUT2D eigenvalue weighted by Gasteiger charge is -2.31. The van der Waals surface area contributed by atoms with Gasteiger partial charge in [-0.1, -0.05) is 12.2 Å². The molecule has 1 aromatic carbocycles. The van der Waals surface area contributed by atoms with Crippen LogP contribution in [0, 0.1) is 12.7 Å². The number of anilines is 2. The quantitative estimate of drug-likeness (QED) is 0.482. The van der Waals surface area contributed by atoms with Crippen LogP contribution >= 0.6 is 0 Å². The molecule has 10 heteroatoms. The lowest BCUT2D eigenvalue weighted by Crippen LogP contribution is -2.42. The molecule has 210 valence electrons. The lowest BCUT2D eigenvalue weighted by atomic mass is 10.1. The molecule has 1 amide bonds. The highest BCUT2D eigenvalue weighted by atomic mass is 19.1. The zero-order chi connectivity index (χ0) is 27.5. The minimum Gasteiger partial charge on any atom is -0.486 e. The van der Waals surface area contributed by atoms with E-state index in [0.717, 1.165) is 43.6 Å². The molecule has 4 aliphatic rings. The summed E-state index contributed by atoms with van der Waals surface area (Å²) in [5.74, 6) is 0.654. The zero-order valence-corrected chi connectivity index (χ0v) is 22.6. The Morgan fingerprint density at radius 2 is 2.08 bits per heavy atom. The number of amides is 1. The number of hydrogen-bond acceptors (Lipinski definition) is 8. The maximum absolute atomic E-state index is 13.8. The van der Waals surface area contributed by atoms with Gasteiger partial charge in [-0.05, 0) is 49.9 Å². The molecule has 2 N–H and O–H groups in total. The fourth-order valence-corrected chi connectivity index (χ4v) is 5.55. The first kappa shape index (κ1) is 26.6. The standard InChI is InChI=1S/C30H34FN5O4/c1-19-13-20(4-8-25(19)31)34-30-24-7-9-26(28(14-27(24)32-18-33-30)40-23-10-12-38-17-23)35-29(37)3-2-11-36-15-21-5-6-22(16-36)39-21/h2-4,8-9,13-14,18,21-23H,5-7,10-12,15-17H2,1H3,(H,35,37)(H,32,33,34)/b3-2+. The molecule has 1 aromatic heterocycles. The van der Waals surface area contributed by atoms with Crippen molar-refractivity contribution in [2.45, 2.75) is 50.9 Å². The van der Waals surface area contributed by atoms with Crippen molar-refractivity contribution in [2.75, 3.05) is 38.2 Å². The summed E-state index contributed by atoms with van der Waals surface area (Å²) in [5.41, 5.74) is 3.37. The van der Waals surface area contributed by atoms with Gasteiger partial charge in [0.25, 0.3) is 0 Å². The molecule has 3 aliphatic heterocycles. The number of benzene rings is 1. The van der Waals surface area contributed by atoms with Crippen LogP contribution in [0.15, 0.2) is 54.2 Å². The SMILES string of the molecule is Cc1cc(Nc2ncnc3c2CC=C(NC(=O)/C=C/CN2CC4CCC(C2)O4)C(OC2CCOC2)=C3)ccc1F. The van der Waals surface area contributed by atoms with Crippen molar-refractivity contribution in [2.24, 2.45) is 0 Å². The molecule has 2 bridgehead atoms. The largest absolute Gasteiger partial charge is 0.486 e. The smallest absolute Gasteiger partial charge is 0.248 e. The van der Waals surface area contributed by atoms with Crippen molar-refractivity contribution in [1.82, 2.24) is 20.2 Å². The summed E-state index contributed by atoms with van der Waals surface area (Å²) >= 11 is 0. The van der Waals surface area contributed by atoms with Crippen LogP contribution in [0.2, 0.25) is 0 Å². The third kappa shape index (κ3) is 6.24. The van der Waals surface area contributed by atoms with Gasteiger partial charge in [-0.2, -0.15) is 0 Å². The number of morpholine rings is 1. The van der Waals surface area contributed by atoms with Gasteiger partial charge in [-0.3, -0.25) is 9.69 Å². The fourth-order valence-electron chi connectivity index (χ4n) is 5.55. The second-order valence-electron chi connectivity index (χ2n) is 10.7. The summed E-state index contributed by atoms with van der Waals surface area (Å²) in [6.07, 6.45) is 12.7. The van der Waals surface area contributed by atoms with E-state index in [2.05, 4.69) is 25.5 Å². The minimum absolute atomic E-state index is 0.109. The van der Waals surface area contributed by atoms with E-state index in [4.69, 9.17) is 14.2 Å². The molecule has 40 heavy (non-hydrogen) atoms. The van der Waals surface area contributed by atoms with Gasteiger partial charge in [-0.25, -0.2) is 14.4 Å². The van der Waals surface area contributed by atoms with E-state index in [9.17, 15) is 9.18 Å². The van der Waals surface area contributed by atoms with E-state index < -0.39 is 0 Å². The maximum Gasteiger partial charge on any atom is 0.248 e. The Hall–Kier alpha value is -3.60. The van der Waals surface area contributed by atoms with Crippen LogP contribution in [-0.2, 0) is 25.4 Å². The van der Waals surface area contributed by atoms with E-state index in [1.54, 1.807) is 25.1 Å². The first-order valence-electron chi connectivity index (χ1n) is 13.9. The van der Waals surface area contributed by atoms with Crippen molar-refractivity contribution < 1.29 is 23.4 Å². The van der Waals surface area contributed by atoms with E-state index in [1.165, 1.54) is 12.4 Å². The Kier molecular flexibility index (Phi) is 7.90. The summed E-state index contributed by atoms with van der Waals surface area (Å²) in [5, 5.41) is 6.31. The van der Waals surface area contributed by atoms with Crippen molar-refractivity contribution >= 4 is 23.5 Å². The number of likely N-dealkylation sites (tertiary alicyclic amines) is 1. The van der Waals surface area contributed by atoms with Gasteiger partial charge in [0, 0.05) is 49.5 Å². The number of aryl methyl sites for hydroxylation is 1. The molecule has 0 radical (unpaired) electrons. The number of fused-ring (bicyclic) bond motifs is 3.